The van der Waals surface area contributed by atoms with Gasteiger partial charge in [0.25, 0.3) is 0 Å². The van der Waals surface area contributed by atoms with Gasteiger partial charge in [0, 0.05) is 13.1 Å². The van der Waals surface area contributed by atoms with Crippen LogP contribution in [0, 0.1) is 17.4 Å². The van der Waals surface area contributed by atoms with Crippen molar-refractivity contribution in [2.45, 2.75) is 26.8 Å². The fourth-order valence-electron chi connectivity index (χ4n) is 0.725. The van der Waals surface area contributed by atoms with Crippen LogP contribution in [0.4, 0.5) is 0 Å². The van der Waals surface area contributed by atoms with Gasteiger partial charge < -0.3 is 0 Å². The summed E-state index contributed by atoms with van der Waals surface area (Å²) < 4.78 is 0. The molecule has 1 unspecified atom stereocenters. The number of nitrogens with zero attached hydrogens (tertiary/aromatic N) is 3. The lowest BCUT2D eigenvalue weighted by Crippen LogP contribution is -2.25. The van der Waals surface area contributed by atoms with Crippen LogP contribution in [0.1, 0.15) is 20.8 Å². The van der Waals surface area contributed by atoms with Crippen LogP contribution in [0.25, 0.3) is 0 Å². The average Bonchev–Trinajstić information content (AvgIpc) is 1.86. The van der Waals surface area contributed by atoms with E-state index in [2.05, 4.69) is 43.1 Å². The fourth-order valence-corrected chi connectivity index (χ4v) is 0.725. The highest BCUT2D eigenvalue weighted by Crippen LogP contribution is 2.23. The average molecular weight is 151 g/mol. The lowest BCUT2D eigenvalue weighted by atomic mass is 9.88. The van der Waals surface area contributed by atoms with Gasteiger partial charge in [-0.25, -0.2) is 5.01 Å². The third-order valence-corrected chi connectivity index (χ3v) is 1.48. The molecule has 0 aliphatic carbocycles. The zero-order chi connectivity index (χ0) is 8.48. The van der Waals surface area contributed by atoms with Crippen molar-refractivity contribution >= 4 is 0 Å². The van der Waals surface area contributed by atoms with Gasteiger partial charge in [-0.15, -0.1) is 0 Å². The van der Waals surface area contributed by atoms with E-state index in [0.29, 0.717) is 0 Å². The summed E-state index contributed by atoms with van der Waals surface area (Å²) in [5.74, 6) is 3.02. The predicted molar refractivity (Wildman–Crippen MR) is 43.6 cm³/mol. The first-order chi connectivity index (χ1) is 5.00. The van der Waals surface area contributed by atoms with Crippen LogP contribution in [-0.4, -0.2) is 18.1 Å². The molecule has 0 spiro atoms. The molecular formula is C8H13N3. The van der Waals surface area contributed by atoms with E-state index in [9.17, 15) is 0 Å². The Bertz CT molecular complexity index is 226. The van der Waals surface area contributed by atoms with E-state index >= 15 is 0 Å². The lowest BCUT2D eigenvalue weighted by Gasteiger charge is -2.23. The summed E-state index contributed by atoms with van der Waals surface area (Å²) in [6.07, 6.45) is 0. The summed E-state index contributed by atoms with van der Waals surface area (Å²) in [5.41, 5.74) is 0.0950. The monoisotopic (exact) mass is 151 g/mol. The smallest absolute Gasteiger partial charge is 0.140 e. The SMILES string of the molecule is CN1C#CC(C(C)(C)C)N=N1. The number of rotatable bonds is 0. The minimum Gasteiger partial charge on any atom is -0.207 e. The summed E-state index contributed by atoms with van der Waals surface area (Å²) in [4.78, 5) is 0. The molecule has 0 saturated heterocycles. The van der Waals surface area contributed by atoms with Crippen molar-refractivity contribution < 1.29 is 0 Å². The maximum atomic E-state index is 4.06. The molecule has 0 saturated carbocycles. The highest BCUT2D eigenvalue weighted by molar-refractivity contribution is 5.11. The van der Waals surface area contributed by atoms with E-state index in [1.165, 1.54) is 5.01 Å². The van der Waals surface area contributed by atoms with E-state index in [4.69, 9.17) is 0 Å². The molecule has 11 heavy (non-hydrogen) atoms. The van der Waals surface area contributed by atoms with Crippen LogP contribution in [0.3, 0.4) is 0 Å². The third kappa shape index (κ3) is 1.94. The van der Waals surface area contributed by atoms with Gasteiger partial charge in [0.15, 0.2) is 0 Å². The maximum absolute atomic E-state index is 4.06. The quantitative estimate of drug-likeness (QED) is 0.484. The van der Waals surface area contributed by atoms with Crippen molar-refractivity contribution in [1.29, 1.82) is 0 Å². The molecule has 0 radical (unpaired) electrons. The molecule has 60 valence electrons. The van der Waals surface area contributed by atoms with Gasteiger partial charge in [0.05, 0.1) is 0 Å². The molecule has 0 bridgehead atoms. The molecule has 1 aliphatic heterocycles. The van der Waals surface area contributed by atoms with E-state index in [1.54, 1.807) is 7.05 Å². The summed E-state index contributed by atoms with van der Waals surface area (Å²) in [5, 5.41) is 9.45. The molecular weight excluding hydrogens is 138 g/mol. The van der Waals surface area contributed by atoms with E-state index < -0.39 is 0 Å². The van der Waals surface area contributed by atoms with Crippen LogP contribution < -0.4 is 0 Å². The Hall–Kier alpha value is -1.04. The number of hydrogen-bond acceptors (Lipinski definition) is 3. The normalized spacial score (nSPS) is 22.9. The Kier molecular flexibility index (Phi) is 1.86. The van der Waals surface area contributed by atoms with Crippen LogP contribution in [0.5, 0.6) is 0 Å². The van der Waals surface area contributed by atoms with Crippen molar-refractivity contribution in [2.75, 3.05) is 7.05 Å². The van der Waals surface area contributed by atoms with Gasteiger partial charge in [-0.3, -0.25) is 0 Å². The highest BCUT2D eigenvalue weighted by atomic mass is 15.5. The Morgan fingerprint density at radius 1 is 1.36 bits per heavy atom. The molecule has 1 heterocycles. The van der Waals surface area contributed by atoms with Gasteiger partial charge in [0.2, 0.25) is 0 Å². The first-order valence-electron chi connectivity index (χ1n) is 3.66. The van der Waals surface area contributed by atoms with Crippen LogP contribution >= 0.6 is 0 Å². The Balaban J connectivity index is 2.73. The van der Waals surface area contributed by atoms with Gasteiger partial charge in [0.1, 0.15) is 6.04 Å². The van der Waals surface area contributed by atoms with E-state index in [-0.39, 0.29) is 11.5 Å². The van der Waals surface area contributed by atoms with Gasteiger partial charge in [-0.05, 0) is 11.3 Å². The Morgan fingerprint density at radius 2 is 2.00 bits per heavy atom. The molecule has 3 nitrogen and oxygen atoms in total. The topological polar surface area (TPSA) is 28.0 Å². The first kappa shape index (κ1) is 8.06. The van der Waals surface area contributed by atoms with E-state index in [0.717, 1.165) is 0 Å². The number of hydrogen-bond donors (Lipinski definition) is 0. The summed E-state index contributed by atoms with van der Waals surface area (Å²) in [6, 6.07) is 2.90. The molecule has 1 rings (SSSR count). The molecule has 0 aromatic carbocycles. The predicted octanol–water partition coefficient (Wildman–Crippen LogP) is 1.67. The Labute approximate surface area is 67.5 Å². The molecule has 0 amide bonds. The Morgan fingerprint density at radius 3 is 2.36 bits per heavy atom. The van der Waals surface area contributed by atoms with Crippen LogP contribution in [-0.2, 0) is 0 Å². The molecule has 0 fully saturated rings. The zero-order valence-corrected chi connectivity index (χ0v) is 7.42. The summed E-state index contributed by atoms with van der Waals surface area (Å²) in [7, 11) is 1.79. The maximum Gasteiger partial charge on any atom is 0.140 e. The van der Waals surface area contributed by atoms with Gasteiger partial charge in [-0.1, -0.05) is 26.0 Å². The molecule has 3 heteroatoms. The first-order valence-corrected chi connectivity index (χ1v) is 3.66. The van der Waals surface area contributed by atoms with Crippen molar-refractivity contribution in [3.05, 3.63) is 0 Å². The lowest BCUT2D eigenvalue weighted by molar-refractivity contribution is 0.331. The minimum atomic E-state index is 0.0405. The van der Waals surface area contributed by atoms with Gasteiger partial charge >= 0.3 is 0 Å². The molecule has 0 N–H and O–H groups in total. The van der Waals surface area contributed by atoms with Crippen molar-refractivity contribution in [3.63, 3.8) is 0 Å². The van der Waals surface area contributed by atoms with Crippen molar-refractivity contribution in [1.82, 2.24) is 5.01 Å². The van der Waals surface area contributed by atoms with Crippen LogP contribution in [0.15, 0.2) is 10.3 Å². The van der Waals surface area contributed by atoms with Gasteiger partial charge in [-0.2, -0.15) is 5.11 Å². The fraction of sp³-hybridized carbons (Fsp3) is 0.750. The molecule has 1 atom stereocenters. The second-order valence-electron chi connectivity index (χ2n) is 3.75. The summed E-state index contributed by atoms with van der Waals surface area (Å²) >= 11 is 0. The van der Waals surface area contributed by atoms with Crippen molar-refractivity contribution in [3.8, 4) is 12.0 Å². The van der Waals surface area contributed by atoms with Crippen LogP contribution in [0.2, 0.25) is 0 Å². The molecule has 0 aromatic rings. The third-order valence-electron chi connectivity index (χ3n) is 1.48. The van der Waals surface area contributed by atoms with Crippen molar-refractivity contribution in [2.24, 2.45) is 15.8 Å². The molecule has 1 aliphatic rings. The molecule has 0 aromatic heterocycles. The second-order valence-corrected chi connectivity index (χ2v) is 3.75. The zero-order valence-electron chi connectivity index (χ0n) is 7.42. The highest BCUT2D eigenvalue weighted by Gasteiger charge is 2.23. The standard InChI is InChI=1S/C8H13N3/c1-8(2,3)7-5-6-11(4)10-9-7/h7H,1-4H3. The summed E-state index contributed by atoms with van der Waals surface area (Å²) in [6.45, 7) is 6.32. The minimum absolute atomic E-state index is 0.0405. The van der Waals surface area contributed by atoms with E-state index in [1.807, 2.05) is 0 Å². The largest absolute Gasteiger partial charge is 0.207 e. The second kappa shape index (κ2) is 2.54.